The monoisotopic (exact) mass is 362 g/mol. The lowest BCUT2D eigenvalue weighted by Crippen LogP contribution is -2.00. The van der Waals surface area contributed by atoms with Gasteiger partial charge in [0.25, 0.3) is 0 Å². The van der Waals surface area contributed by atoms with Crippen LogP contribution in [0.3, 0.4) is 0 Å². The Morgan fingerprint density at radius 1 is 1.11 bits per heavy atom. The van der Waals surface area contributed by atoms with Crippen LogP contribution >= 0.6 is 39.1 Å². The van der Waals surface area contributed by atoms with Gasteiger partial charge in [0.15, 0.2) is 0 Å². The van der Waals surface area contributed by atoms with Crippen molar-refractivity contribution < 1.29 is 9.13 Å². The van der Waals surface area contributed by atoms with Crippen LogP contribution in [0.2, 0.25) is 5.02 Å². The fourth-order valence-corrected chi connectivity index (χ4v) is 2.47. The molecule has 0 saturated heterocycles. The molecule has 19 heavy (non-hydrogen) atoms. The summed E-state index contributed by atoms with van der Waals surface area (Å²) < 4.78 is 19.4. The van der Waals surface area contributed by atoms with Crippen molar-refractivity contribution >= 4 is 39.1 Å². The molecular formula is C14H10BrCl2FO. The molecule has 0 unspecified atom stereocenters. The molecule has 0 aliphatic carbocycles. The van der Waals surface area contributed by atoms with E-state index in [1.54, 1.807) is 18.2 Å². The van der Waals surface area contributed by atoms with Crippen LogP contribution in [0.4, 0.5) is 4.39 Å². The summed E-state index contributed by atoms with van der Waals surface area (Å²) >= 11 is 15.1. The smallest absolute Gasteiger partial charge is 0.142 e. The Balaban J connectivity index is 2.21. The Kier molecular flexibility index (Phi) is 5.08. The summed E-state index contributed by atoms with van der Waals surface area (Å²) in [6.45, 7) is 0.214. The molecule has 0 aliphatic heterocycles. The number of ether oxygens (including phenoxy) is 1. The highest BCUT2D eigenvalue weighted by molar-refractivity contribution is 9.10. The third-order valence-corrected chi connectivity index (χ3v) is 4.07. The van der Waals surface area contributed by atoms with Crippen molar-refractivity contribution in [2.45, 2.75) is 12.5 Å². The maximum Gasteiger partial charge on any atom is 0.142 e. The van der Waals surface area contributed by atoms with Crippen LogP contribution in [-0.4, -0.2) is 0 Å². The van der Waals surface area contributed by atoms with Crippen LogP contribution in [0.25, 0.3) is 0 Å². The number of rotatable bonds is 4. The normalized spacial score (nSPS) is 10.5. The topological polar surface area (TPSA) is 9.23 Å². The lowest BCUT2D eigenvalue weighted by atomic mass is 10.2. The molecule has 2 rings (SSSR count). The predicted octanol–water partition coefficient (Wildman–Crippen LogP) is 5.56. The van der Waals surface area contributed by atoms with E-state index in [0.29, 0.717) is 26.7 Å². The molecule has 5 heteroatoms. The van der Waals surface area contributed by atoms with Crippen molar-refractivity contribution in [3.8, 4) is 5.75 Å². The van der Waals surface area contributed by atoms with Gasteiger partial charge in [-0.25, -0.2) is 4.39 Å². The van der Waals surface area contributed by atoms with Crippen LogP contribution in [0.1, 0.15) is 11.1 Å². The lowest BCUT2D eigenvalue weighted by molar-refractivity contribution is 0.302. The molecular weight excluding hydrogens is 354 g/mol. The second-order valence-corrected chi connectivity index (χ2v) is 5.33. The molecule has 0 fully saturated rings. The third-order valence-electron chi connectivity index (χ3n) is 2.60. The Morgan fingerprint density at radius 2 is 1.79 bits per heavy atom. The van der Waals surface area contributed by atoms with Crippen molar-refractivity contribution in [2.24, 2.45) is 0 Å². The minimum Gasteiger partial charge on any atom is -0.487 e. The van der Waals surface area contributed by atoms with Gasteiger partial charge in [-0.15, -0.1) is 11.6 Å². The first-order valence-electron chi connectivity index (χ1n) is 5.52. The first kappa shape index (κ1) is 14.6. The molecule has 0 aliphatic rings. The van der Waals surface area contributed by atoms with Gasteiger partial charge in [-0.3, -0.25) is 0 Å². The third kappa shape index (κ3) is 3.41. The summed E-state index contributed by atoms with van der Waals surface area (Å²) in [7, 11) is 0. The maximum atomic E-state index is 13.4. The molecule has 0 atom stereocenters. The largest absolute Gasteiger partial charge is 0.487 e. The van der Waals surface area contributed by atoms with E-state index in [1.807, 2.05) is 12.1 Å². The Morgan fingerprint density at radius 3 is 2.53 bits per heavy atom. The van der Waals surface area contributed by atoms with Gasteiger partial charge >= 0.3 is 0 Å². The molecule has 2 aromatic rings. The van der Waals surface area contributed by atoms with Crippen molar-refractivity contribution in [2.75, 3.05) is 0 Å². The number of hydrogen-bond acceptors (Lipinski definition) is 1. The molecule has 100 valence electrons. The number of para-hydroxylation sites is 1. The van der Waals surface area contributed by atoms with Crippen LogP contribution in [0.15, 0.2) is 40.9 Å². The van der Waals surface area contributed by atoms with Crippen molar-refractivity contribution in [1.29, 1.82) is 0 Å². The Hall–Kier alpha value is -0.770. The van der Waals surface area contributed by atoms with E-state index in [9.17, 15) is 4.39 Å². The average Bonchev–Trinajstić information content (AvgIpc) is 2.41. The minimum atomic E-state index is -0.321. The molecule has 0 saturated carbocycles. The van der Waals surface area contributed by atoms with E-state index in [0.717, 1.165) is 5.56 Å². The fourth-order valence-electron chi connectivity index (χ4n) is 1.63. The van der Waals surface area contributed by atoms with Gasteiger partial charge in [-0.2, -0.15) is 0 Å². The van der Waals surface area contributed by atoms with Gasteiger partial charge in [0.05, 0.1) is 15.4 Å². The summed E-state index contributed by atoms with van der Waals surface area (Å²) in [6, 6.07) is 10.2. The Labute approximate surface area is 129 Å². The summed E-state index contributed by atoms with van der Waals surface area (Å²) in [6.07, 6.45) is 0. The summed E-state index contributed by atoms with van der Waals surface area (Å²) in [5, 5.41) is 0.491. The number of benzene rings is 2. The highest BCUT2D eigenvalue weighted by Gasteiger charge is 2.10. The number of alkyl halides is 1. The highest BCUT2D eigenvalue weighted by atomic mass is 79.9. The molecule has 0 N–H and O–H groups in total. The van der Waals surface area contributed by atoms with E-state index in [2.05, 4.69) is 15.9 Å². The number of halogens is 4. The minimum absolute atomic E-state index is 0.214. The molecule has 0 aromatic heterocycles. The first-order chi connectivity index (χ1) is 9.13. The Bertz CT molecular complexity index is 590. The zero-order valence-corrected chi connectivity index (χ0v) is 12.9. The van der Waals surface area contributed by atoms with E-state index in [4.69, 9.17) is 27.9 Å². The van der Waals surface area contributed by atoms with E-state index < -0.39 is 0 Å². The molecule has 0 bridgehead atoms. The van der Waals surface area contributed by atoms with E-state index in [-0.39, 0.29) is 12.4 Å². The van der Waals surface area contributed by atoms with E-state index >= 15 is 0 Å². The SMILES string of the molecule is Fc1cccc(COc2c(Cl)cccc2CCl)c1Br. The number of hydrogen-bond donors (Lipinski definition) is 0. The summed E-state index contributed by atoms with van der Waals surface area (Å²) in [5.74, 6) is 0.522. The van der Waals surface area contributed by atoms with Crippen molar-refractivity contribution in [1.82, 2.24) is 0 Å². The second-order valence-electron chi connectivity index (χ2n) is 3.86. The molecule has 2 aromatic carbocycles. The van der Waals surface area contributed by atoms with E-state index in [1.165, 1.54) is 6.07 Å². The van der Waals surface area contributed by atoms with Crippen molar-refractivity contribution in [3.05, 3.63) is 62.8 Å². The zero-order chi connectivity index (χ0) is 13.8. The standard InChI is InChI=1S/C14H10BrCl2FO/c15-13-10(4-2-6-12(13)18)8-19-14-9(7-16)3-1-5-11(14)17/h1-6H,7-8H2. The average molecular weight is 364 g/mol. The van der Waals surface area contributed by atoms with Gasteiger partial charge in [-0.05, 0) is 28.1 Å². The quantitative estimate of drug-likeness (QED) is 0.646. The molecule has 0 heterocycles. The van der Waals surface area contributed by atoms with Gasteiger partial charge in [0.2, 0.25) is 0 Å². The second kappa shape index (κ2) is 6.60. The molecule has 0 spiro atoms. The molecule has 0 amide bonds. The molecule has 0 radical (unpaired) electrons. The van der Waals surface area contributed by atoms with Crippen LogP contribution in [0.5, 0.6) is 5.75 Å². The first-order valence-corrected chi connectivity index (χ1v) is 7.23. The predicted molar refractivity (Wildman–Crippen MR) is 79.4 cm³/mol. The maximum absolute atomic E-state index is 13.4. The van der Waals surface area contributed by atoms with Gasteiger partial charge in [-0.1, -0.05) is 35.9 Å². The fraction of sp³-hybridized carbons (Fsp3) is 0.143. The van der Waals surface area contributed by atoms with Crippen molar-refractivity contribution in [3.63, 3.8) is 0 Å². The summed E-state index contributed by atoms with van der Waals surface area (Å²) in [5.41, 5.74) is 1.52. The zero-order valence-electron chi connectivity index (χ0n) is 9.80. The van der Waals surface area contributed by atoms with Gasteiger partial charge in [0, 0.05) is 11.1 Å². The molecule has 1 nitrogen and oxygen atoms in total. The summed E-state index contributed by atoms with van der Waals surface area (Å²) in [4.78, 5) is 0. The van der Waals surface area contributed by atoms with Crippen LogP contribution < -0.4 is 4.74 Å². The van der Waals surface area contributed by atoms with Crippen LogP contribution in [-0.2, 0) is 12.5 Å². The van der Waals surface area contributed by atoms with Crippen LogP contribution in [0, 0.1) is 5.82 Å². The van der Waals surface area contributed by atoms with Gasteiger partial charge < -0.3 is 4.74 Å². The highest BCUT2D eigenvalue weighted by Crippen LogP contribution is 2.31. The lowest BCUT2D eigenvalue weighted by Gasteiger charge is -2.12. The van der Waals surface area contributed by atoms with Gasteiger partial charge in [0.1, 0.15) is 18.2 Å².